The lowest BCUT2D eigenvalue weighted by Crippen LogP contribution is -2.44. The molecule has 0 heterocycles. The third-order valence-corrected chi connectivity index (χ3v) is 1.59. The van der Waals surface area contributed by atoms with Gasteiger partial charge in [-0.15, -0.1) is 0 Å². The van der Waals surface area contributed by atoms with Crippen molar-refractivity contribution in [3.8, 4) is 0 Å². The predicted molar refractivity (Wildman–Crippen MR) is 49.2 cm³/mol. The van der Waals surface area contributed by atoms with Crippen molar-refractivity contribution in [2.24, 2.45) is 0 Å². The standard InChI is InChI=1S/C8H17NO5/c1-13-4-6(10)3-9-7(5-14-2)8(11)12/h6-7,9-10H,3-5H2,1-2H3,(H,11,12). The number of carboxylic acid groups (broad SMARTS) is 1. The Kier molecular flexibility index (Phi) is 7.31. The number of ether oxygens (including phenoxy) is 2. The molecule has 14 heavy (non-hydrogen) atoms. The first-order chi connectivity index (χ1) is 6.61. The lowest BCUT2D eigenvalue weighted by Gasteiger charge is -2.16. The fourth-order valence-electron chi connectivity index (χ4n) is 0.914. The molecule has 2 unspecified atom stereocenters. The van der Waals surface area contributed by atoms with Crippen LogP contribution in [0.4, 0.5) is 0 Å². The van der Waals surface area contributed by atoms with Crippen molar-refractivity contribution in [2.75, 3.05) is 34.0 Å². The van der Waals surface area contributed by atoms with E-state index in [1.165, 1.54) is 14.2 Å². The monoisotopic (exact) mass is 207 g/mol. The van der Waals surface area contributed by atoms with Gasteiger partial charge in [-0.2, -0.15) is 0 Å². The minimum absolute atomic E-state index is 0.0645. The second-order valence-electron chi connectivity index (χ2n) is 2.86. The van der Waals surface area contributed by atoms with Crippen molar-refractivity contribution in [1.82, 2.24) is 5.32 Å². The van der Waals surface area contributed by atoms with Crippen molar-refractivity contribution in [2.45, 2.75) is 12.1 Å². The number of methoxy groups -OCH3 is 2. The molecule has 0 bridgehead atoms. The average molecular weight is 207 g/mol. The summed E-state index contributed by atoms with van der Waals surface area (Å²) in [6.07, 6.45) is -0.710. The topological polar surface area (TPSA) is 88.0 Å². The molecule has 0 aromatic rings. The Morgan fingerprint density at radius 3 is 2.36 bits per heavy atom. The van der Waals surface area contributed by atoms with Crippen LogP contribution in [-0.2, 0) is 14.3 Å². The highest BCUT2D eigenvalue weighted by Crippen LogP contribution is 1.88. The van der Waals surface area contributed by atoms with Crippen LogP contribution < -0.4 is 5.32 Å². The van der Waals surface area contributed by atoms with Crippen LogP contribution >= 0.6 is 0 Å². The van der Waals surface area contributed by atoms with Crippen molar-refractivity contribution in [3.05, 3.63) is 0 Å². The van der Waals surface area contributed by atoms with Crippen LogP contribution in [0.3, 0.4) is 0 Å². The van der Waals surface area contributed by atoms with Gasteiger partial charge in [0.15, 0.2) is 0 Å². The van der Waals surface area contributed by atoms with Crippen molar-refractivity contribution in [3.63, 3.8) is 0 Å². The minimum Gasteiger partial charge on any atom is -0.480 e. The van der Waals surface area contributed by atoms with Crippen LogP contribution in [0.15, 0.2) is 0 Å². The van der Waals surface area contributed by atoms with Gasteiger partial charge in [-0.3, -0.25) is 10.1 Å². The zero-order valence-electron chi connectivity index (χ0n) is 8.40. The van der Waals surface area contributed by atoms with Crippen LogP contribution in [0.25, 0.3) is 0 Å². The predicted octanol–water partition coefficient (Wildman–Crippen LogP) is -1.32. The zero-order valence-corrected chi connectivity index (χ0v) is 8.40. The molecule has 0 saturated heterocycles. The molecule has 6 nitrogen and oxygen atoms in total. The molecule has 84 valence electrons. The molecule has 0 aliphatic rings. The van der Waals surface area contributed by atoms with E-state index in [4.69, 9.17) is 9.84 Å². The van der Waals surface area contributed by atoms with E-state index in [0.717, 1.165) is 0 Å². The van der Waals surface area contributed by atoms with Gasteiger partial charge in [-0.05, 0) is 0 Å². The molecule has 0 aromatic heterocycles. The van der Waals surface area contributed by atoms with E-state index in [2.05, 4.69) is 10.1 Å². The van der Waals surface area contributed by atoms with Crippen molar-refractivity contribution < 1.29 is 24.5 Å². The largest absolute Gasteiger partial charge is 0.480 e. The molecule has 6 heteroatoms. The molecule has 0 radical (unpaired) electrons. The first-order valence-corrected chi connectivity index (χ1v) is 4.24. The Morgan fingerprint density at radius 1 is 1.36 bits per heavy atom. The first kappa shape index (κ1) is 13.3. The van der Waals surface area contributed by atoms with Crippen LogP contribution in [-0.4, -0.2) is 62.3 Å². The van der Waals surface area contributed by atoms with Gasteiger partial charge in [-0.25, -0.2) is 0 Å². The summed E-state index contributed by atoms with van der Waals surface area (Å²) >= 11 is 0. The zero-order chi connectivity index (χ0) is 11.0. The Morgan fingerprint density at radius 2 is 1.93 bits per heavy atom. The fourth-order valence-corrected chi connectivity index (χ4v) is 0.914. The summed E-state index contributed by atoms with van der Waals surface area (Å²) in [5, 5.41) is 20.6. The first-order valence-electron chi connectivity index (χ1n) is 4.24. The van der Waals surface area contributed by atoms with Crippen LogP contribution in [0, 0.1) is 0 Å². The second kappa shape index (κ2) is 7.69. The summed E-state index contributed by atoms with van der Waals surface area (Å²) in [7, 11) is 2.89. The van der Waals surface area contributed by atoms with Gasteiger partial charge in [0.2, 0.25) is 0 Å². The molecule has 3 N–H and O–H groups in total. The molecule has 0 aliphatic heterocycles. The molecule has 0 spiro atoms. The Bertz CT molecular complexity index is 164. The molecule has 0 aliphatic carbocycles. The Hall–Kier alpha value is -0.690. The van der Waals surface area contributed by atoms with E-state index in [1.807, 2.05) is 0 Å². The number of nitrogens with one attached hydrogen (secondary N) is 1. The molecule has 0 rings (SSSR count). The van der Waals surface area contributed by atoms with E-state index >= 15 is 0 Å². The maximum Gasteiger partial charge on any atom is 0.323 e. The molecule has 0 saturated carbocycles. The van der Waals surface area contributed by atoms with Gasteiger partial charge in [0, 0.05) is 20.8 Å². The number of carboxylic acids is 1. The quantitative estimate of drug-likeness (QED) is 0.457. The van der Waals surface area contributed by atoms with E-state index in [0.29, 0.717) is 0 Å². The van der Waals surface area contributed by atoms with Gasteiger partial charge in [0.05, 0.1) is 19.3 Å². The van der Waals surface area contributed by atoms with E-state index in [1.54, 1.807) is 0 Å². The van der Waals surface area contributed by atoms with E-state index < -0.39 is 18.1 Å². The Labute approximate surface area is 82.8 Å². The summed E-state index contributed by atoms with van der Waals surface area (Å²) in [4.78, 5) is 10.6. The summed E-state index contributed by atoms with van der Waals surface area (Å²) in [6, 6.07) is -0.800. The number of rotatable bonds is 8. The normalized spacial score (nSPS) is 15.1. The van der Waals surface area contributed by atoms with Gasteiger partial charge >= 0.3 is 5.97 Å². The fraction of sp³-hybridized carbons (Fsp3) is 0.875. The van der Waals surface area contributed by atoms with Crippen LogP contribution in [0.1, 0.15) is 0 Å². The molecular formula is C8H17NO5. The number of carbonyl (C=O) groups is 1. The third kappa shape index (κ3) is 5.87. The van der Waals surface area contributed by atoms with Gasteiger partial charge < -0.3 is 19.7 Å². The number of aliphatic carboxylic acids is 1. The maximum atomic E-state index is 10.6. The SMILES string of the molecule is COCC(O)CNC(COC)C(=O)O. The molecule has 0 fully saturated rings. The smallest absolute Gasteiger partial charge is 0.323 e. The summed E-state index contributed by atoms with van der Waals surface area (Å²) < 4.78 is 9.39. The van der Waals surface area contributed by atoms with Gasteiger partial charge in [0.1, 0.15) is 6.04 Å². The van der Waals surface area contributed by atoms with E-state index in [9.17, 15) is 9.90 Å². The number of aliphatic hydroxyl groups is 1. The highest BCUT2D eigenvalue weighted by atomic mass is 16.5. The highest BCUT2D eigenvalue weighted by Gasteiger charge is 2.17. The second-order valence-corrected chi connectivity index (χ2v) is 2.86. The van der Waals surface area contributed by atoms with E-state index in [-0.39, 0.29) is 19.8 Å². The van der Waals surface area contributed by atoms with Gasteiger partial charge in [0.25, 0.3) is 0 Å². The van der Waals surface area contributed by atoms with Crippen molar-refractivity contribution in [1.29, 1.82) is 0 Å². The lowest BCUT2D eigenvalue weighted by molar-refractivity contribution is -0.141. The lowest BCUT2D eigenvalue weighted by atomic mass is 10.3. The molecule has 0 amide bonds. The molecule has 0 aromatic carbocycles. The molecule has 2 atom stereocenters. The van der Waals surface area contributed by atoms with Crippen LogP contribution in [0.5, 0.6) is 0 Å². The van der Waals surface area contributed by atoms with Crippen molar-refractivity contribution >= 4 is 5.97 Å². The number of aliphatic hydroxyl groups excluding tert-OH is 1. The maximum absolute atomic E-state index is 10.6. The average Bonchev–Trinajstić information content (AvgIpc) is 2.12. The number of hydrogen-bond acceptors (Lipinski definition) is 5. The summed E-state index contributed by atoms with van der Waals surface area (Å²) in [6.45, 7) is 0.398. The minimum atomic E-state index is -1.00. The number of hydrogen-bond donors (Lipinski definition) is 3. The Balaban J connectivity index is 3.75. The van der Waals surface area contributed by atoms with Gasteiger partial charge in [-0.1, -0.05) is 0 Å². The third-order valence-electron chi connectivity index (χ3n) is 1.59. The van der Waals surface area contributed by atoms with Crippen LogP contribution in [0.2, 0.25) is 0 Å². The molecular weight excluding hydrogens is 190 g/mol. The highest BCUT2D eigenvalue weighted by molar-refractivity contribution is 5.73. The summed E-state index contributed by atoms with van der Waals surface area (Å²) in [5.74, 6) is -1.00. The summed E-state index contributed by atoms with van der Waals surface area (Å²) in [5.41, 5.74) is 0.